The molecule has 2 aromatic heterocycles. The van der Waals surface area contributed by atoms with Crippen molar-refractivity contribution in [3.05, 3.63) is 53.0 Å². The molecule has 0 saturated heterocycles. The second-order valence-electron chi connectivity index (χ2n) is 4.28. The first-order valence-electron chi connectivity index (χ1n) is 6.01. The summed E-state index contributed by atoms with van der Waals surface area (Å²) in [4.78, 5) is 18.6. The normalized spacial score (nSPS) is 10.7. The molecule has 0 radical (unpaired) electrons. The second kappa shape index (κ2) is 5.19. The Labute approximate surface area is 124 Å². The molecule has 20 heavy (non-hydrogen) atoms. The number of carbonyl (C=O) groups is 1. The number of hydrogen-bond donors (Lipinski definition) is 1. The van der Waals surface area contributed by atoms with Crippen LogP contribution >= 0.6 is 22.7 Å². The van der Waals surface area contributed by atoms with Gasteiger partial charge in [-0.25, -0.2) is 9.78 Å². The van der Waals surface area contributed by atoms with Gasteiger partial charge in [-0.3, -0.25) is 0 Å². The molecule has 100 valence electrons. The van der Waals surface area contributed by atoms with Crippen LogP contribution in [0.25, 0.3) is 20.3 Å². The van der Waals surface area contributed by atoms with E-state index in [1.165, 1.54) is 16.2 Å². The summed E-state index contributed by atoms with van der Waals surface area (Å²) >= 11 is 3.05. The molecular formula is C15H11NO2S2. The van der Waals surface area contributed by atoms with Crippen molar-refractivity contribution >= 4 is 28.6 Å². The number of carboxylic acids is 1. The van der Waals surface area contributed by atoms with Gasteiger partial charge in [0, 0.05) is 4.88 Å². The van der Waals surface area contributed by atoms with E-state index in [2.05, 4.69) is 4.98 Å². The van der Waals surface area contributed by atoms with Gasteiger partial charge in [-0.2, -0.15) is 0 Å². The summed E-state index contributed by atoms with van der Waals surface area (Å²) in [6, 6.07) is 13.5. The summed E-state index contributed by atoms with van der Waals surface area (Å²) in [5, 5.41) is 10.1. The highest BCUT2D eigenvalue weighted by Gasteiger charge is 2.20. The molecule has 0 aliphatic carbocycles. The number of hydrogen-bond acceptors (Lipinski definition) is 4. The Kier molecular flexibility index (Phi) is 3.38. The monoisotopic (exact) mass is 301 g/mol. The average Bonchev–Trinajstić information content (AvgIpc) is 3.05. The van der Waals surface area contributed by atoms with Crippen LogP contribution in [0, 0.1) is 6.92 Å². The van der Waals surface area contributed by atoms with Crippen LogP contribution in [0.4, 0.5) is 0 Å². The average molecular weight is 301 g/mol. The topological polar surface area (TPSA) is 50.2 Å². The zero-order valence-corrected chi connectivity index (χ0v) is 12.3. The van der Waals surface area contributed by atoms with Crippen molar-refractivity contribution in [1.29, 1.82) is 0 Å². The summed E-state index contributed by atoms with van der Waals surface area (Å²) in [5.74, 6) is -0.986. The summed E-state index contributed by atoms with van der Waals surface area (Å²) in [6.07, 6.45) is 0. The van der Waals surface area contributed by atoms with E-state index >= 15 is 0 Å². The van der Waals surface area contributed by atoms with Crippen LogP contribution < -0.4 is 0 Å². The molecule has 3 aromatic rings. The first-order valence-corrected chi connectivity index (χ1v) is 7.65. The van der Waals surface area contributed by atoms with Gasteiger partial charge >= 0.3 is 5.97 Å². The zero-order chi connectivity index (χ0) is 14.1. The molecule has 0 bridgehead atoms. The number of benzene rings is 1. The predicted octanol–water partition coefficient (Wildman–Crippen LogP) is 4.55. The van der Waals surface area contributed by atoms with E-state index in [1.807, 2.05) is 49.4 Å². The van der Waals surface area contributed by atoms with Crippen LogP contribution in [0.1, 0.15) is 15.4 Å². The fraction of sp³-hybridized carbons (Fsp3) is 0.0667. The minimum Gasteiger partial charge on any atom is -0.476 e. The van der Waals surface area contributed by atoms with Crippen molar-refractivity contribution in [2.45, 2.75) is 6.92 Å². The Morgan fingerprint density at radius 3 is 2.45 bits per heavy atom. The van der Waals surface area contributed by atoms with E-state index in [4.69, 9.17) is 0 Å². The van der Waals surface area contributed by atoms with Crippen LogP contribution in [0.15, 0.2) is 42.5 Å². The van der Waals surface area contributed by atoms with Gasteiger partial charge in [0.15, 0.2) is 5.69 Å². The Balaban J connectivity index is 2.15. The van der Waals surface area contributed by atoms with Crippen LogP contribution in [0.5, 0.6) is 0 Å². The van der Waals surface area contributed by atoms with E-state index in [0.717, 1.165) is 15.4 Å². The lowest BCUT2D eigenvalue weighted by Gasteiger charge is -1.97. The van der Waals surface area contributed by atoms with Crippen LogP contribution in [-0.4, -0.2) is 16.1 Å². The third kappa shape index (κ3) is 2.37. The maximum atomic E-state index is 11.4. The van der Waals surface area contributed by atoms with Crippen molar-refractivity contribution in [2.75, 3.05) is 0 Å². The van der Waals surface area contributed by atoms with Gasteiger partial charge in [-0.05, 0) is 24.6 Å². The third-order valence-corrected chi connectivity index (χ3v) is 5.09. The lowest BCUT2D eigenvalue weighted by molar-refractivity contribution is 0.0692. The lowest BCUT2D eigenvalue weighted by atomic mass is 10.1. The van der Waals surface area contributed by atoms with Gasteiger partial charge in [-0.15, -0.1) is 22.7 Å². The SMILES string of the molecule is Cc1ccc(-c2nc(C(=O)O)c(-c3ccccc3)s2)s1. The van der Waals surface area contributed by atoms with Crippen LogP contribution in [0.2, 0.25) is 0 Å². The van der Waals surface area contributed by atoms with Gasteiger partial charge in [0.1, 0.15) is 5.01 Å². The summed E-state index contributed by atoms with van der Waals surface area (Å²) in [6.45, 7) is 2.03. The van der Waals surface area contributed by atoms with E-state index in [1.54, 1.807) is 11.3 Å². The Hall–Kier alpha value is -1.98. The Morgan fingerprint density at radius 1 is 1.10 bits per heavy atom. The fourth-order valence-corrected chi connectivity index (χ4v) is 3.89. The maximum absolute atomic E-state index is 11.4. The number of aryl methyl sites for hydroxylation is 1. The molecule has 0 aliphatic rings. The molecule has 1 N–H and O–H groups in total. The highest BCUT2D eigenvalue weighted by atomic mass is 32.1. The number of aromatic nitrogens is 1. The first-order chi connectivity index (χ1) is 9.65. The minimum atomic E-state index is -0.986. The molecule has 0 aliphatic heterocycles. The summed E-state index contributed by atoms with van der Waals surface area (Å²) < 4.78 is 0. The van der Waals surface area contributed by atoms with E-state index in [0.29, 0.717) is 4.88 Å². The lowest BCUT2D eigenvalue weighted by Crippen LogP contribution is -1.98. The van der Waals surface area contributed by atoms with Gasteiger partial charge in [0.2, 0.25) is 0 Å². The molecule has 0 atom stereocenters. The molecule has 5 heteroatoms. The van der Waals surface area contributed by atoms with E-state index < -0.39 is 5.97 Å². The molecular weight excluding hydrogens is 290 g/mol. The van der Waals surface area contributed by atoms with Crippen molar-refractivity contribution in [3.63, 3.8) is 0 Å². The summed E-state index contributed by atoms with van der Waals surface area (Å²) in [5.41, 5.74) is 1.02. The molecule has 0 amide bonds. The minimum absolute atomic E-state index is 0.127. The van der Waals surface area contributed by atoms with Crippen molar-refractivity contribution in [2.24, 2.45) is 0 Å². The molecule has 0 spiro atoms. The van der Waals surface area contributed by atoms with E-state index in [9.17, 15) is 9.90 Å². The number of thiazole rings is 1. The van der Waals surface area contributed by atoms with Crippen LogP contribution in [-0.2, 0) is 0 Å². The van der Waals surface area contributed by atoms with Crippen molar-refractivity contribution in [1.82, 2.24) is 4.98 Å². The quantitative estimate of drug-likeness (QED) is 0.772. The molecule has 3 nitrogen and oxygen atoms in total. The van der Waals surface area contributed by atoms with Crippen molar-refractivity contribution < 1.29 is 9.90 Å². The molecule has 0 unspecified atom stereocenters. The maximum Gasteiger partial charge on any atom is 0.356 e. The molecule has 3 rings (SSSR count). The smallest absolute Gasteiger partial charge is 0.356 e. The largest absolute Gasteiger partial charge is 0.476 e. The van der Waals surface area contributed by atoms with E-state index in [-0.39, 0.29) is 5.69 Å². The fourth-order valence-electron chi connectivity index (χ4n) is 1.91. The number of carboxylic acid groups (broad SMARTS) is 1. The van der Waals surface area contributed by atoms with Gasteiger partial charge in [0.05, 0.1) is 9.75 Å². The molecule has 1 aromatic carbocycles. The van der Waals surface area contributed by atoms with Gasteiger partial charge in [-0.1, -0.05) is 30.3 Å². The van der Waals surface area contributed by atoms with Crippen molar-refractivity contribution in [3.8, 4) is 20.3 Å². The molecule has 0 saturated carbocycles. The van der Waals surface area contributed by atoms with Crippen LogP contribution in [0.3, 0.4) is 0 Å². The highest BCUT2D eigenvalue weighted by Crippen LogP contribution is 2.37. The zero-order valence-electron chi connectivity index (χ0n) is 10.7. The predicted molar refractivity (Wildman–Crippen MR) is 82.6 cm³/mol. The first kappa shape index (κ1) is 13.0. The Bertz CT molecular complexity index is 759. The standard InChI is InChI=1S/C15H11NO2S2/c1-9-7-8-11(19-9)14-16-12(15(17)18)13(20-14)10-5-3-2-4-6-10/h2-8H,1H3,(H,17,18). The molecule has 0 fully saturated rings. The molecule has 2 heterocycles. The van der Waals surface area contributed by atoms with Gasteiger partial charge in [0.25, 0.3) is 0 Å². The number of thiophene rings is 1. The number of nitrogens with zero attached hydrogens (tertiary/aromatic N) is 1. The number of rotatable bonds is 3. The van der Waals surface area contributed by atoms with Gasteiger partial charge < -0.3 is 5.11 Å². The summed E-state index contributed by atoms with van der Waals surface area (Å²) in [7, 11) is 0. The number of aromatic carboxylic acids is 1. The third-order valence-electron chi connectivity index (χ3n) is 2.82. The second-order valence-corrected chi connectivity index (χ2v) is 6.57. The highest BCUT2D eigenvalue weighted by molar-refractivity contribution is 7.23. The Morgan fingerprint density at radius 2 is 1.85 bits per heavy atom.